The van der Waals surface area contributed by atoms with Crippen molar-refractivity contribution in [2.75, 3.05) is 11.9 Å². The van der Waals surface area contributed by atoms with Gasteiger partial charge in [-0.25, -0.2) is 0 Å². The van der Waals surface area contributed by atoms with Crippen LogP contribution in [0.1, 0.15) is 30.3 Å². The van der Waals surface area contributed by atoms with Crippen LogP contribution in [-0.4, -0.2) is 17.7 Å². The number of hydrogen-bond acceptors (Lipinski definition) is 4. The van der Waals surface area contributed by atoms with Gasteiger partial charge in [-0.3, -0.25) is 4.79 Å². The van der Waals surface area contributed by atoms with Crippen LogP contribution >= 0.6 is 0 Å². The zero-order chi connectivity index (χ0) is 20.1. The second-order valence-corrected chi connectivity index (χ2v) is 6.78. The molecular formula is C24H22N2O3. The standard InChI is InChI=1S/C24H22N2O3/c1-2-3-15-28-19-13-11-18(12-14-19)23-16-22(26-29-23)24(27)25-21-10-6-8-17-7-4-5-9-20(17)21/h4-14,16H,2-3,15H2,1H3,(H,25,27). The molecule has 1 amide bonds. The predicted octanol–water partition coefficient (Wildman–Crippen LogP) is 5.93. The number of aromatic nitrogens is 1. The van der Waals surface area contributed by atoms with Crippen LogP contribution < -0.4 is 10.1 Å². The lowest BCUT2D eigenvalue weighted by molar-refractivity contribution is 0.101. The Balaban J connectivity index is 1.47. The van der Waals surface area contributed by atoms with Gasteiger partial charge in [0.25, 0.3) is 5.91 Å². The van der Waals surface area contributed by atoms with Gasteiger partial charge in [0.15, 0.2) is 11.5 Å². The van der Waals surface area contributed by atoms with Crippen molar-refractivity contribution >= 4 is 22.4 Å². The van der Waals surface area contributed by atoms with E-state index in [0.29, 0.717) is 12.4 Å². The molecule has 4 aromatic rings. The van der Waals surface area contributed by atoms with Crippen molar-refractivity contribution in [1.29, 1.82) is 0 Å². The normalized spacial score (nSPS) is 10.8. The largest absolute Gasteiger partial charge is 0.494 e. The summed E-state index contributed by atoms with van der Waals surface area (Å²) in [4.78, 5) is 12.6. The summed E-state index contributed by atoms with van der Waals surface area (Å²) in [5, 5.41) is 8.90. The summed E-state index contributed by atoms with van der Waals surface area (Å²) in [6.45, 7) is 2.83. The average molecular weight is 386 g/mol. The van der Waals surface area contributed by atoms with E-state index in [0.717, 1.165) is 40.6 Å². The van der Waals surface area contributed by atoms with Gasteiger partial charge in [-0.2, -0.15) is 0 Å². The molecule has 0 saturated carbocycles. The number of amides is 1. The summed E-state index contributed by atoms with van der Waals surface area (Å²) in [5.74, 6) is 1.04. The van der Waals surface area contributed by atoms with Crippen LogP contribution in [0.25, 0.3) is 22.1 Å². The Morgan fingerprint density at radius 2 is 1.83 bits per heavy atom. The third-order valence-corrected chi connectivity index (χ3v) is 4.69. The van der Waals surface area contributed by atoms with Crippen LogP contribution in [0.15, 0.2) is 77.3 Å². The fourth-order valence-corrected chi connectivity index (χ4v) is 3.09. The molecule has 0 unspecified atom stereocenters. The minimum absolute atomic E-state index is 0.233. The lowest BCUT2D eigenvalue weighted by atomic mass is 10.1. The Bertz CT molecular complexity index is 1110. The minimum Gasteiger partial charge on any atom is -0.494 e. The summed E-state index contributed by atoms with van der Waals surface area (Å²) >= 11 is 0. The van der Waals surface area contributed by atoms with E-state index in [4.69, 9.17) is 9.26 Å². The number of carbonyl (C=O) groups excluding carboxylic acids is 1. The van der Waals surface area contributed by atoms with Crippen LogP contribution in [-0.2, 0) is 0 Å². The zero-order valence-corrected chi connectivity index (χ0v) is 16.2. The Kier molecular flexibility index (Phi) is 5.56. The van der Waals surface area contributed by atoms with Crippen molar-refractivity contribution in [3.05, 3.63) is 78.5 Å². The van der Waals surface area contributed by atoms with Crippen LogP contribution in [0.5, 0.6) is 5.75 Å². The van der Waals surface area contributed by atoms with Crippen molar-refractivity contribution < 1.29 is 14.1 Å². The van der Waals surface area contributed by atoms with E-state index in [9.17, 15) is 4.79 Å². The predicted molar refractivity (Wildman–Crippen MR) is 114 cm³/mol. The fourth-order valence-electron chi connectivity index (χ4n) is 3.09. The minimum atomic E-state index is -0.309. The molecule has 0 radical (unpaired) electrons. The number of hydrogen-bond donors (Lipinski definition) is 1. The van der Waals surface area contributed by atoms with Crippen molar-refractivity contribution in [1.82, 2.24) is 5.16 Å². The summed E-state index contributed by atoms with van der Waals surface area (Å²) in [6, 6.07) is 22.9. The number of nitrogens with one attached hydrogen (secondary N) is 1. The van der Waals surface area contributed by atoms with Crippen molar-refractivity contribution in [2.45, 2.75) is 19.8 Å². The summed E-state index contributed by atoms with van der Waals surface area (Å²) < 4.78 is 11.1. The second-order valence-electron chi connectivity index (χ2n) is 6.78. The van der Waals surface area contributed by atoms with Crippen LogP contribution in [0.3, 0.4) is 0 Å². The first-order chi connectivity index (χ1) is 14.2. The molecular weight excluding hydrogens is 364 g/mol. The van der Waals surface area contributed by atoms with E-state index in [1.54, 1.807) is 6.07 Å². The second kappa shape index (κ2) is 8.61. The molecule has 29 heavy (non-hydrogen) atoms. The first-order valence-electron chi connectivity index (χ1n) is 9.73. The highest BCUT2D eigenvalue weighted by molar-refractivity contribution is 6.08. The maximum atomic E-state index is 12.6. The van der Waals surface area contributed by atoms with Gasteiger partial charge in [0, 0.05) is 22.7 Å². The van der Waals surface area contributed by atoms with Crippen molar-refractivity contribution in [3.8, 4) is 17.1 Å². The molecule has 1 N–H and O–H groups in total. The lowest BCUT2D eigenvalue weighted by Gasteiger charge is -2.07. The first kappa shape index (κ1) is 18.7. The number of benzene rings is 3. The lowest BCUT2D eigenvalue weighted by Crippen LogP contribution is -2.12. The van der Waals surface area contributed by atoms with Gasteiger partial charge < -0.3 is 14.6 Å². The van der Waals surface area contributed by atoms with Gasteiger partial charge in [0.05, 0.1) is 6.61 Å². The van der Waals surface area contributed by atoms with Crippen LogP contribution in [0, 0.1) is 0 Å². The number of rotatable bonds is 7. The van der Waals surface area contributed by atoms with E-state index in [1.165, 1.54) is 0 Å². The van der Waals surface area contributed by atoms with E-state index >= 15 is 0 Å². The maximum Gasteiger partial charge on any atom is 0.277 e. The van der Waals surface area contributed by atoms with Gasteiger partial charge >= 0.3 is 0 Å². The topological polar surface area (TPSA) is 64.4 Å². The molecule has 0 bridgehead atoms. The zero-order valence-electron chi connectivity index (χ0n) is 16.2. The molecule has 0 aliphatic carbocycles. The summed E-state index contributed by atoms with van der Waals surface area (Å²) in [5.41, 5.74) is 1.81. The van der Waals surface area contributed by atoms with E-state index in [-0.39, 0.29) is 11.6 Å². The molecule has 5 nitrogen and oxygen atoms in total. The molecule has 0 fully saturated rings. The van der Waals surface area contributed by atoms with E-state index < -0.39 is 0 Å². The van der Waals surface area contributed by atoms with E-state index in [2.05, 4.69) is 17.4 Å². The molecule has 1 aromatic heterocycles. The third-order valence-electron chi connectivity index (χ3n) is 4.69. The summed E-state index contributed by atoms with van der Waals surface area (Å²) in [7, 11) is 0. The number of ether oxygens (including phenoxy) is 1. The molecule has 0 aliphatic heterocycles. The quantitative estimate of drug-likeness (QED) is 0.400. The Morgan fingerprint density at radius 3 is 2.66 bits per heavy atom. The highest BCUT2D eigenvalue weighted by atomic mass is 16.5. The summed E-state index contributed by atoms with van der Waals surface area (Å²) in [6.07, 6.45) is 2.12. The maximum absolute atomic E-state index is 12.6. The molecule has 3 aromatic carbocycles. The van der Waals surface area contributed by atoms with Crippen molar-refractivity contribution in [2.24, 2.45) is 0 Å². The molecule has 146 valence electrons. The molecule has 0 saturated heterocycles. The smallest absolute Gasteiger partial charge is 0.277 e. The SMILES string of the molecule is CCCCOc1ccc(-c2cc(C(=O)Nc3cccc4ccccc34)no2)cc1. The number of fused-ring (bicyclic) bond motifs is 1. The fraction of sp³-hybridized carbons (Fsp3) is 0.167. The molecule has 5 heteroatoms. The highest BCUT2D eigenvalue weighted by Crippen LogP contribution is 2.26. The molecule has 1 heterocycles. The number of nitrogens with zero attached hydrogens (tertiary/aromatic N) is 1. The van der Waals surface area contributed by atoms with Crippen molar-refractivity contribution in [3.63, 3.8) is 0 Å². The van der Waals surface area contributed by atoms with Crippen LogP contribution in [0.4, 0.5) is 5.69 Å². The monoisotopic (exact) mass is 386 g/mol. The number of unbranched alkanes of at least 4 members (excludes halogenated alkanes) is 1. The van der Waals surface area contributed by atoms with Gasteiger partial charge in [-0.05, 0) is 42.1 Å². The molecule has 0 aliphatic rings. The molecule has 4 rings (SSSR count). The Labute approximate surface area is 169 Å². The van der Waals surface area contributed by atoms with Gasteiger partial charge in [0.2, 0.25) is 0 Å². The molecule has 0 spiro atoms. The van der Waals surface area contributed by atoms with Gasteiger partial charge in [-0.15, -0.1) is 0 Å². The molecule has 0 atom stereocenters. The van der Waals surface area contributed by atoms with Gasteiger partial charge in [0.1, 0.15) is 5.75 Å². The Hall–Kier alpha value is -3.60. The highest BCUT2D eigenvalue weighted by Gasteiger charge is 2.15. The first-order valence-corrected chi connectivity index (χ1v) is 9.73. The Morgan fingerprint density at radius 1 is 1.03 bits per heavy atom. The number of carbonyl (C=O) groups is 1. The average Bonchev–Trinajstić information content (AvgIpc) is 3.25. The van der Waals surface area contributed by atoms with Gasteiger partial charge in [-0.1, -0.05) is 54.9 Å². The third kappa shape index (κ3) is 4.29. The number of anilines is 1. The van der Waals surface area contributed by atoms with Crippen LogP contribution in [0.2, 0.25) is 0 Å². The van der Waals surface area contributed by atoms with E-state index in [1.807, 2.05) is 66.7 Å².